The van der Waals surface area contributed by atoms with Gasteiger partial charge in [-0.3, -0.25) is 9.69 Å². The van der Waals surface area contributed by atoms with Gasteiger partial charge in [-0.15, -0.1) is 5.10 Å². The van der Waals surface area contributed by atoms with E-state index in [1.807, 2.05) is 24.1 Å². The van der Waals surface area contributed by atoms with Crippen molar-refractivity contribution in [2.75, 3.05) is 45.7 Å². The van der Waals surface area contributed by atoms with E-state index in [0.29, 0.717) is 6.04 Å². The van der Waals surface area contributed by atoms with Crippen LogP contribution in [0.15, 0.2) is 18.3 Å². The van der Waals surface area contributed by atoms with Crippen molar-refractivity contribution in [3.8, 4) is 0 Å². The Hall–Kier alpha value is -1.73. The number of piperidine rings is 1. The number of rotatable bonds is 4. The van der Waals surface area contributed by atoms with Crippen LogP contribution in [-0.4, -0.2) is 84.9 Å². The van der Waals surface area contributed by atoms with Crippen LogP contribution in [0.5, 0.6) is 0 Å². The fourth-order valence-electron chi connectivity index (χ4n) is 3.76. The maximum absolute atomic E-state index is 12.8. The summed E-state index contributed by atoms with van der Waals surface area (Å²) in [4.78, 5) is 19.1. The number of hydrogen-bond acceptors (Lipinski definition) is 6. The third-order valence-corrected chi connectivity index (χ3v) is 5.37. The Balaban J connectivity index is 1.54. The molecule has 2 saturated heterocycles. The van der Waals surface area contributed by atoms with E-state index in [-0.39, 0.29) is 18.1 Å². The fourth-order valence-corrected chi connectivity index (χ4v) is 3.76. The second kappa shape index (κ2) is 7.44. The van der Waals surface area contributed by atoms with Crippen LogP contribution < -0.4 is 4.90 Å². The normalized spacial score (nSPS) is 25.9. The highest BCUT2D eigenvalue weighted by Crippen LogP contribution is 2.24. The molecule has 3 rings (SSSR count). The molecule has 0 spiro atoms. The Morgan fingerprint density at radius 2 is 2.12 bits per heavy atom. The molecule has 7 nitrogen and oxygen atoms in total. The standard InChI is InChI=1S/C17H27N5O2/c1-20-12-14(24-3)11-15(20)17(23)22-9-6-13(7-10-22)21(2)16-5-4-8-18-19-16/h4-5,8,13-15H,6-7,9-12H2,1-3H3/t14-,15-/m0/s1. The van der Waals surface area contributed by atoms with Crippen molar-refractivity contribution in [3.63, 3.8) is 0 Å². The molecule has 0 N–H and O–H groups in total. The molecule has 1 aromatic rings. The first-order chi connectivity index (χ1) is 11.6. The van der Waals surface area contributed by atoms with Gasteiger partial charge in [0, 0.05) is 46.0 Å². The summed E-state index contributed by atoms with van der Waals surface area (Å²) in [5.41, 5.74) is 0. The van der Waals surface area contributed by atoms with Crippen molar-refractivity contribution in [2.24, 2.45) is 0 Å². The second-order valence-electron chi connectivity index (χ2n) is 6.80. The van der Waals surface area contributed by atoms with Gasteiger partial charge in [0.2, 0.25) is 5.91 Å². The molecule has 2 atom stereocenters. The molecular formula is C17H27N5O2. The summed E-state index contributed by atoms with van der Waals surface area (Å²) in [6, 6.07) is 4.24. The minimum Gasteiger partial charge on any atom is -0.380 e. The van der Waals surface area contributed by atoms with Crippen molar-refractivity contribution in [3.05, 3.63) is 18.3 Å². The predicted molar refractivity (Wildman–Crippen MR) is 91.9 cm³/mol. The largest absolute Gasteiger partial charge is 0.380 e. The molecule has 132 valence electrons. The lowest BCUT2D eigenvalue weighted by Crippen LogP contribution is -2.50. The first-order valence-electron chi connectivity index (χ1n) is 8.62. The van der Waals surface area contributed by atoms with Gasteiger partial charge in [-0.25, -0.2) is 0 Å². The van der Waals surface area contributed by atoms with Crippen LogP contribution >= 0.6 is 0 Å². The van der Waals surface area contributed by atoms with Crippen LogP contribution in [-0.2, 0) is 9.53 Å². The molecule has 0 aliphatic carbocycles. The average Bonchev–Trinajstić information content (AvgIpc) is 3.02. The first kappa shape index (κ1) is 17.1. The van der Waals surface area contributed by atoms with Gasteiger partial charge in [0.1, 0.15) is 0 Å². The lowest BCUT2D eigenvalue weighted by atomic mass is 10.0. The van der Waals surface area contributed by atoms with Gasteiger partial charge in [-0.1, -0.05) is 0 Å². The van der Waals surface area contributed by atoms with E-state index in [2.05, 4.69) is 27.0 Å². The van der Waals surface area contributed by atoms with Gasteiger partial charge < -0.3 is 14.5 Å². The van der Waals surface area contributed by atoms with Gasteiger partial charge in [-0.2, -0.15) is 5.10 Å². The number of hydrogen-bond donors (Lipinski definition) is 0. The van der Waals surface area contributed by atoms with E-state index < -0.39 is 0 Å². The van der Waals surface area contributed by atoms with E-state index in [9.17, 15) is 4.79 Å². The quantitative estimate of drug-likeness (QED) is 0.805. The van der Waals surface area contributed by atoms with Crippen LogP contribution in [0.4, 0.5) is 5.82 Å². The van der Waals surface area contributed by atoms with Crippen molar-refractivity contribution >= 4 is 11.7 Å². The summed E-state index contributed by atoms with van der Waals surface area (Å²) in [5.74, 6) is 1.14. The number of anilines is 1. The van der Waals surface area contributed by atoms with Gasteiger partial charge >= 0.3 is 0 Å². The van der Waals surface area contributed by atoms with Gasteiger partial charge in [0.05, 0.1) is 12.1 Å². The van der Waals surface area contributed by atoms with E-state index >= 15 is 0 Å². The number of methoxy groups -OCH3 is 1. The molecule has 2 aliphatic rings. The van der Waals surface area contributed by atoms with Crippen LogP contribution in [0, 0.1) is 0 Å². The van der Waals surface area contributed by atoms with Crippen LogP contribution in [0.2, 0.25) is 0 Å². The molecule has 1 amide bonds. The molecule has 2 fully saturated rings. The van der Waals surface area contributed by atoms with Gasteiger partial charge in [-0.05, 0) is 38.4 Å². The minimum atomic E-state index is -0.0378. The Morgan fingerprint density at radius 3 is 2.71 bits per heavy atom. The zero-order chi connectivity index (χ0) is 17.1. The number of carbonyl (C=O) groups excluding carboxylic acids is 1. The van der Waals surface area contributed by atoms with E-state index in [1.165, 1.54) is 0 Å². The summed E-state index contributed by atoms with van der Waals surface area (Å²) < 4.78 is 5.41. The minimum absolute atomic E-state index is 0.0378. The van der Waals surface area contributed by atoms with Crippen LogP contribution in [0.1, 0.15) is 19.3 Å². The number of carbonyl (C=O) groups is 1. The van der Waals surface area contributed by atoms with Crippen molar-refractivity contribution < 1.29 is 9.53 Å². The predicted octanol–water partition coefficient (Wildman–Crippen LogP) is 0.623. The van der Waals surface area contributed by atoms with Crippen LogP contribution in [0.25, 0.3) is 0 Å². The smallest absolute Gasteiger partial charge is 0.240 e. The van der Waals surface area contributed by atoms with Crippen LogP contribution in [0.3, 0.4) is 0 Å². The Morgan fingerprint density at radius 1 is 1.38 bits per heavy atom. The maximum Gasteiger partial charge on any atom is 0.240 e. The molecule has 0 aromatic carbocycles. The average molecular weight is 333 g/mol. The first-order valence-corrected chi connectivity index (χ1v) is 8.62. The topological polar surface area (TPSA) is 61.8 Å². The van der Waals surface area contributed by atoms with E-state index in [1.54, 1.807) is 13.3 Å². The van der Waals surface area contributed by atoms with E-state index in [4.69, 9.17) is 4.74 Å². The molecule has 1 aromatic heterocycles. The number of ether oxygens (including phenoxy) is 1. The maximum atomic E-state index is 12.8. The Kier molecular flexibility index (Phi) is 5.30. The summed E-state index contributed by atoms with van der Waals surface area (Å²) in [7, 11) is 5.79. The summed E-state index contributed by atoms with van der Waals surface area (Å²) >= 11 is 0. The number of likely N-dealkylation sites (N-methyl/N-ethyl adjacent to an activating group) is 1. The van der Waals surface area contributed by atoms with Gasteiger partial charge in [0.15, 0.2) is 5.82 Å². The summed E-state index contributed by atoms with van der Waals surface area (Å²) in [6.45, 7) is 2.44. The third-order valence-electron chi connectivity index (χ3n) is 5.37. The van der Waals surface area contributed by atoms with Crippen molar-refractivity contribution in [2.45, 2.75) is 37.5 Å². The molecule has 2 aliphatic heterocycles. The SMILES string of the molecule is CO[C@H]1C[C@@H](C(=O)N2CCC(N(C)c3cccnn3)CC2)N(C)C1. The molecule has 24 heavy (non-hydrogen) atoms. The van der Waals surface area contributed by atoms with Gasteiger partial charge in [0.25, 0.3) is 0 Å². The van der Waals surface area contributed by atoms with Crippen molar-refractivity contribution in [1.82, 2.24) is 20.0 Å². The molecule has 3 heterocycles. The van der Waals surface area contributed by atoms with E-state index in [0.717, 1.165) is 44.7 Å². The zero-order valence-electron chi connectivity index (χ0n) is 14.8. The summed E-state index contributed by atoms with van der Waals surface area (Å²) in [6.07, 6.45) is 4.57. The van der Waals surface area contributed by atoms with Crippen molar-refractivity contribution in [1.29, 1.82) is 0 Å². The summed E-state index contributed by atoms with van der Waals surface area (Å²) in [5, 5.41) is 8.12. The fraction of sp³-hybridized carbons (Fsp3) is 0.706. The molecule has 0 saturated carbocycles. The molecule has 0 bridgehead atoms. The second-order valence-corrected chi connectivity index (χ2v) is 6.80. The number of nitrogens with zero attached hydrogens (tertiary/aromatic N) is 5. The molecule has 0 radical (unpaired) electrons. The highest BCUT2D eigenvalue weighted by atomic mass is 16.5. The zero-order valence-corrected chi connectivity index (χ0v) is 14.8. The third kappa shape index (κ3) is 3.52. The monoisotopic (exact) mass is 333 g/mol. The molecule has 7 heteroatoms. The molecule has 0 unspecified atom stereocenters. The highest BCUT2D eigenvalue weighted by molar-refractivity contribution is 5.82. The highest BCUT2D eigenvalue weighted by Gasteiger charge is 2.38. The Bertz CT molecular complexity index is 547. The lowest BCUT2D eigenvalue weighted by molar-refractivity contribution is -0.136. The number of aromatic nitrogens is 2. The molecular weight excluding hydrogens is 306 g/mol. The number of amides is 1. The lowest BCUT2D eigenvalue weighted by Gasteiger charge is -2.38. The Labute approximate surface area is 143 Å². The number of likely N-dealkylation sites (tertiary alicyclic amines) is 2.